The van der Waals surface area contributed by atoms with E-state index in [1.807, 2.05) is 19.1 Å². The molecule has 0 saturated heterocycles. The molecule has 3 aromatic rings. The van der Waals surface area contributed by atoms with E-state index in [1.165, 1.54) is 18.6 Å². The molecular formula is C18H17NO4S3. The number of hydrogen-bond acceptors (Lipinski definition) is 5. The molecule has 2 N–H and O–H groups in total. The molecule has 1 unspecified atom stereocenters. The minimum absolute atomic E-state index is 0.103. The Morgan fingerprint density at radius 2 is 1.54 bits per heavy atom. The SMILES string of the molecule is Cc1ccc(-c2ccc(-c3ccc(S(=O)(=O)NC(C)C(=O)O)s3)s2)cc1. The number of benzene rings is 1. The van der Waals surface area contributed by atoms with Crippen LogP contribution >= 0.6 is 22.7 Å². The highest BCUT2D eigenvalue weighted by Crippen LogP contribution is 2.38. The van der Waals surface area contributed by atoms with Crippen LogP contribution in [0.25, 0.3) is 20.2 Å². The third-order valence-electron chi connectivity index (χ3n) is 3.73. The lowest BCUT2D eigenvalue weighted by molar-refractivity contribution is -0.138. The summed E-state index contributed by atoms with van der Waals surface area (Å²) in [7, 11) is -3.85. The highest BCUT2D eigenvalue weighted by atomic mass is 32.2. The minimum Gasteiger partial charge on any atom is -0.480 e. The minimum atomic E-state index is -3.85. The molecule has 0 bridgehead atoms. The molecule has 0 radical (unpaired) electrons. The largest absolute Gasteiger partial charge is 0.480 e. The van der Waals surface area contributed by atoms with E-state index in [0.717, 1.165) is 31.5 Å². The first-order valence-electron chi connectivity index (χ1n) is 7.78. The lowest BCUT2D eigenvalue weighted by atomic mass is 10.1. The molecule has 136 valence electrons. The van der Waals surface area contributed by atoms with Gasteiger partial charge in [0.25, 0.3) is 10.0 Å². The van der Waals surface area contributed by atoms with E-state index in [9.17, 15) is 13.2 Å². The second-order valence-corrected chi connectivity index (χ2v) is 9.94. The zero-order valence-electron chi connectivity index (χ0n) is 14.1. The Labute approximate surface area is 160 Å². The Hall–Kier alpha value is -2.00. The van der Waals surface area contributed by atoms with E-state index in [1.54, 1.807) is 17.4 Å². The van der Waals surface area contributed by atoms with Crippen molar-refractivity contribution in [1.29, 1.82) is 0 Å². The Bertz CT molecular complexity index is 1030. The molecule has 1 atom stereocenters. The summed E-state index contributed by atoms with van der Waals surface area (Å²) in [6, 6.07) is 14.3. The number of carbonyl (C=O) groups is 1. The van der Waals surface area contributed by atoms with Crippen LogP contribution in [0.15, 0.2) is 52.7 Å². The van der Waals surface area contributed by atoms with Crippen LogP contribution in [0.3, 0.4) is 0 Å². The molecule has 26 heavy (non-hydrogen) atoms. The summed E-state index contributed by atoms with van der Waals surface area (Å²) in [6.07, 6.45) is 0. The van der Waals surface area contributed by atoms with Gasteiger partial charge in [-0.1, -0.05) is 29.8 Å². The molecule has 2 aromatic heterocycles. The number of rotatable bonds is 6. The second-order valence-electron chi connectivity index (χ2n) is 5.83. The van der Waals surface area contributed by atoms with E-state index < -0.39 is 22.0 Å². The van der Waals surface area contributed by atoms with E-state index in [-0.39, 0.29) is 4.21 Å². The maximum Gasteiger partial charge on any atom is 0.321 e. The molecule has 5 nitrogen and oxygen atoms in total. The number of sulfonamides is 1. The number of carboxylic acids is 1. The molecule has 0 aliphatic rings. The standard InChI is InChI=1S/C18H17NO4S3/c1-11-3-5-13(6-4-11)14-7-8-15(24-14)16-9-10-17(25-16)26(22,23)19-12(2)18(20)21/h3-10,12,19H,1-2H3,(H,20,21). The van der Waals surface area contributed by atoms with Crippen molar-refractivity contribution in [2.75, 3.05) is 0 Å². The van der Waals surface area contributed by atoms with Gasteiger partial charge in [0.2, 0.25) is 0 Å². The highest BCUT2D eigenvalue weighted by Gasteiger charge is 2.23. The van der Waals surface area contributed by atoms with Crippen molar-refractivity contribution in [3.63, 3.8) is 0 Å². The van der Waals surface area contributed by atoms with Crippen molar-refractivity contribution in [2.45, 2.75) is 24.1 Å². The molecule has 0 fully saturated rings. The van der Waals surface area contributed by atoms with Crippen molar-refractivity contribution >= 4 is 38.7 Å². The van der Waals surface area contributed by atoms with Crippen molar-refractivity contribution < 1.29 is 18.3 Å². The molecule has 8 heteroatoms. The van der Waals surface area contributed by atoms with Crippen LogP contribution in [0, 0.1) is 6.92 Å². The molecule has 1 aromatic carbocycles. The van der Waals surface area contributed by atoms with Gasteiger partial charge in [-0.2, -0.15) is 4.72 Å². The number of nitrogens with one attached hydrogen (secondary N) is 1. The van der Waals surface area contributed by atoms with Gasteiger partial charge >= 0.3 is 5.97 Å². The average Bonchev–Trinajstić information content (AvgIpc) is 3.24. The highest BCUT2D eigenvalue weighted by molar-refractivity contribution is 7.91. The lowest BCUT2D eigenvalue weighted by Gasteiger charge is -2.08. The van der Waals surface area contributed by atoms with Crippen LogP contribution in [0.5, 0.6) is 0 Å². The number of aliphatic carboxylic acids is 1. The van der Waals surface area contributed by atoms with Gasteiger partial charge in [-0.15, -0.1) is 22.7 Å². The first-order valence-corrected chi connectivity index (χ1v) is 10.9. The molecular weight excluding hydrogens is 390 g/mol. The topological polar surface area (TPSA) is 83.5 Å². The number of aryl methyl sites for hydroxylation is 1. The zero-order valence-corrected chi connectivity index (χ0v) is 16.5. The molecule has 0 aliphatic carbocycles. The lowest BCUT2D eigenvalue weighted by Crippen LogP contribution is -2.37. The predicted octanol–water partition coefficient (Wildman–Crippen LogP) is 4.20. The fourth-order valence-corrected chi connectivity index (χ4v) is 5.90. The van der Waals surface area contributed by atoms with Crippen molar-refractivity contribution in [1.82, 2.24) is 4.72 Å². The number of hydrogen-bond donors (Lipinski definition) is 2. The maximum absolute atomic E-state index is 12.3. The molecule has 0 amide bonds. The van der Waals surface area contributed by atoms with Gasteiger partial charge in [0.15, 0.2) is 0 Å². The second kappa shape index (κ2) is 7.32. The molecule has 2 heterocycles. The zero-order chi connectivity index (χ0) is 18.9. The van der Waals surface area contributed by atoms with Crippen LogP contribution in [0.1, 0.15) is 12.5 Å². The summed E-state index contributed by atoms with van der Waals surface area (Å²) >= 11 is 2.71. The fourth-order valence-electron chi connectivity index (χ4n) is 2.28. The van der Waals surface area contributed by atoms with Gasteiger partial charge in [0, 0.05) is 14.6 Å². The summed E-state index contributed by atoms with van der Waals surface area (Å²) in [5.74, 6) is -1.22. The van der Waals surface area contributed by atoms with Gasteiger partial charge in [0.1, 0.15) is 10.3 Å². The van der Waals surface area contributed by atoms with Gasteiger partial charge in [-0.3, -0.25) is 4.79 Å². The van der Waals surface area contributed by atoms with E-state index in [4.69, 9.17) is 5.11 Å². The van der Waals surface area contributed by atoms with Crippen molar-refractivity contribution in [2.24, 2.45) is 0 Å². The van der Waals surface area contributed by atoms with Gasteiger partial charge in [-0.25, -0.2) is 8.42 Å². The Kier molecular flexibility index (Phi) is 5.29. The third-order valence-corrected chi connectivity index (χ3v) is 8.18. The summed E-state index contributed by atoms with van der Waals surface area (Å²) in [6.45, 7) is 3.33. The fraction of sp³-hybridized carbons (Fsp3) is 0.167. The summed E-state index contributed by atoms with van der Waals surface area (Å²) in [5, 5.41) is 8.88. The molecule has 3 rings (SSSR count). The molecule has 0 spiro atoms. The third kappa shape index (κ3) is 4.04. The van der Waals surface area contributed by atoms with Gasteiger partial charge < -0.3 is 5.11 Å². The quantitative estimate of drug-likeness (QED) is 0.641. The Morgan fingerprint density at radius 3 is 2.19 bits per heavy atom. The van der Waals surface area contributed by atoms with Crippen LogP contribution in [0.2, 0.25) is 0 Å². The normalized spacial score (nSPS) is 12.8. The van der Waals surface area contributed by atoms with E-state index >= 15 is 0 Å². The average molecular weight is 408 g/mol. The van der Waals surface area contributed by atoms with Gasteiger partial charge in [-0.05, 0) is 43.7 Å². The summed E-state index contributed by atoms with van der Waals surface area (Å²) in [5.41, 5.74) is 2.31. The monoisotopic (exact) mass is 407 g/mol. The summed E-state index contributed by atoms with van der Waals surface area (Å²) in [4.78, 5) is 13.8. The first kappa shape index (κ1) is 18.8. The smallest absolute Gasteiger partial charge is 0.321 e. The maximum atomic E-state index is 12.3. The van der Waals surface area contributed by atoms with Crippen molar-refractivity contribution in [3.8, 4) is 20.2 Å². The molecule has 0 aliphatic heterocycles. The van der Waals surface area contributed by atoms with Crippen LogP contribution in [-0.2, 0) is 14.8 Å². The predicted molar refractivity (Wildman–Crippen MR) is 105 cm³/mol. The molecule has 0 saturated carbocycles. The Balaban J connectivity index is 1.84. The number of thiophene rings is 2. The van der Waals surface area contributed by atoms with Gasteiger partial charge in [0.05, 0.1) is 0 Å². The Morgan fingerprint density at radius 1 is 0.962 bits per heavy atom. The van der Waals surface area contributed by atoms with Crippen molar-refractivity contribution in [3.05, 3.63) is 54.1 Å². The van der Waals surface area contributed by atoms with E-state index in [0.29, 0.717) is 0 Å². The van der Waals surface area contributed by atoms with Crippen LogP contribution in [-0.4, -0.2) is 25.5 Å². The van der Waals surface area contributed by atoms with Crippen LogP contribution in [0.4, 0.5) is 0 Å². The van der Waals surface area contributed by atoms with E-state index in [2.05, 4.69) is 29.0 Å². The summed E-state index contributed by atoms with van der Waals surface area (Å²) < 4.78 is 26.8. The number of carboxylic acid groups (broad SMARTS) is 1. The first-order chi connectivity index (χ1) is 12.3. The van der Waals surface area contributed by atoms with Crippen LogP contribution < -0.4 is 4.72 Å².